The van der Waals surface area contributed by atoms with E-state index in [1.165, 1.54) is 19.4 Å². The molecule has 0 aromatic carbocycles. The highest BCUT2D eigenvalue weighted by atomic mass is 127. The number of likely N-dealkylation sites (N-methyl/N-ethyl adjacent to an activating group) is 1. The van der Waals surface area contributed by atoms with Crippen LogP contribution in [0.5, 0.6) is 0 Å². The van der Waals surface area contributed by atoms with Crippen molar-refractivity contribution in [3.05, 3.63) is 0 Å². The standard InChI is InChI=1S/C13H28N4O.HI/c1-3-17-9-5-7-12(17)11-16-13(14)15-8-6-10-18-4-2;/h12H,3-11H2,1-2H3,(H3,14,15,16);1H. The number of halogens is 1. The average molecular weight is 384 g/mol. The Balaban J connectivity index is 0.00000324. The normalized spacial score (nSPS) is 20.3. The first-order chi connectivity index (χ1) is 8.77. The molecule has 1 aliphatic rings. The van der Waals surface area contributed by atoms with Crippen molar-refractivity contribution in [3.63, 3.8) is 0 Å². The summed E-state index contributed by atoms with van der Waals surface area (Å²) >= 11 is 0. The molecule has 3 N–H and O–H groups in total. The van der Waals surface area contributed by atoms with Gasteiger partial charge in [-0.2, -0.15) is 0 Å². The van der Waals surface area contributed by atoms with E-state index in [9.17, 15) is 0 Å². The van der Waals surface area contributed by atoms with E-state index >= 15 is 0 Å². The van der Waals surface area contributed by atoms with Gasteiger partial charge in [0.2, 0.25) is 0 Å². The van der Waals surface area contributed by atoms with Gasteiger partial charge in [-0.05, 0) is 39.3 Å². The highest BCUT2D eigenvalue weighted by Gasteiger charge is 2.22. The molecule has 19 heavy (non-hydrogen) atoms. The third-order valence-corrected chi connectivity index (χ3v) is 3.35. The number of nitrogens with zero attached hydrogens (tertiary/aromatic N) is 2. The fraction of sp³-hybridized carbons (Fsp3) is 0.923. The predicted octanol–water partition coefficient (Wildman–Crippen LogP) is 1.42. The van der Waals surface area contributed by atoms with Crippen LogP contribution >= 0.6 is 24.0 Å². The topological polar surface area (TPSA) is 62.9 Å². The fourth-order valence-corrected chi connectivity index (χ4v) is 2.31. The van der Waals surface area contributed by atoms with Gasteiger partial charge in [-0.3, -0.25) is 9.89 Å². The quantitative estimate of drug-likeness (QED) is 0.288. The molecule has 1 unspecified atom stereocenters. The third-order valence-electron chi connectivity index (χ3n) is 3.35. The van der Waals surface area contributed by atoms with Crippen molar-refractivity contribution in [1.82, 2.24) is 10.2 Å². The van der Waals surface area contributed by atoms with Crippen LogP contribution < -0.4 is 11.1 Å². The monoisotopic (exact) mass is 384 g/mol. The number of guanidine groups is 1. The van der Waals surface area contributed by atoms with Crippen LogP contribution in [-0.2, 0) is 4.74 Å². The van der Waals surface area contributed by atoms with Gasteiger partial charge >= 0.3 is 0 Å². The number of nitrogens with two attached hydrogens (primary N) is 1. The molecule has 1 fully saturated rings. The summed E-state index contributed by atoms with van der Waals surface area (Å²) in [5, 5.41) is 3.13. The Bertz CT molecular complexity index is 251. The summed E-state index contributed by atoms with van der Waals surface area (Å²) in [6.07, 6.45) is 3.50. The van der Waals surface area contributed by atoms with Crippen molar-refractivity contribution in [2.24, 2.45) is 10.7 Å². The number of rotatable bonds is 8. The van der Waals surface area contributed by atoms with E-state index in [4.69, 9.17) is 10.5 Å². The molecular formula is C13H29IN4O. The first-order valence-electron chi connectivity index (χ1n) is 7.13. The van der Waals surface area contributed by atoms with Gasteiger partial charge in [-0.15, -0.1) is 24.0 Å². The maximum absolute atomic E-state index is 5.83. The van der Waals surface area contributed by atoms with Gasteiger partial charge in [0.1, 0.15) is 0 Å². The Labute approximate surface area is 134 Å². The SMILES string of the molecule is CCOCCCNC(N)=NCC1CCCN1CC.I. The van der Waals surface area contributed by atoms with Crippen molar-refractivity contribution >= 4 is 29.9 Å². The number of ether oxygens (including phenoxy) is 1. The zero-order valence-corrected chi connectivity index (χ0v) is 14.6. The zero-order valence-electron chi connectivity index (χ0n) is 12.2. The van der Waals surface area contributed by atoms with Gasteiger partial charge in [0, 0.05) is 25.8 Å². The summed E-state index contributed by atoms with van der Waals surface area (Å²) in [7, 11) is 0. The van der Waals surface area contributed by atoms with Gasteiger partial charge in [-0.25, -0.2) is 0 Å². The molecule has 1 aliphatic heterocycles. The maximum atomic E-state index is 5.83. The third kappa shape index (κ3) is 7.94. The van der Waals surface area contributed by atoms with E-state index in [0.29, 0.717) is 12.0 Å². The van der Waals surface area contributed by atoms with Crippen LogP contribution in [0.1, 0.15) is 33.1 Å². The predicted molar refractivity (Wildman–Crippen MR) is 91.3 cm³/mol. The lowest BCUT2D eigenvalue weighted by Crippen LogP contribution is -2.36. The van der Waals surface area contributed by atoms with Crippen LogP contribution in [0.2, 0.25) is 0 Å². The van der Waals surface area contributed by atoms with Gasteiger partial charge in [0.25, 0.3) is 0 Å². The number of nitrogens with one attached hydrogen (secondary N) is 1. The van der Waals surface area contributed by atoms with Crippen LogP contribution in [0.3, 0.4) is 0 Å². The number of aliphatic imine (C=N–C) groups is 1. The van der Waals surface area contributed by atoms with Gasteiger partial charge in [0.05, 0.1) is 6.54 Å². The largest absolute Gasteiger partial charge is 0.382 e. The van der Waals surface area contributed by atoms with E-state index in [1.54, 1.807) is 0 Å². The van der Waals surface area contributed by atoms with E-state index in [0.717, 1.165) is 39.3 Å². The Morgan fingerprint density at radius 3 is 2.95 bits per heavy atom. The Kier molecular flexibility index (Phi) is 11.7. The first-order valence-corrected chi connectivity index (χ1v) is 7.13. The lowest BCUT2D eigenvalue weighted by atomic mass is 10.2. The number of hydrogen-bond acceptors (Lipinski definition) is 3. The minimum atomic E-state index is 0. The van der Waals surface area contributed by atoms with Gasteiger partial charge < -0.3 is 15.8 Å². The Morgan fingerprint density at radius 2 is 2.26 bits per heavy atom. The summed E-state index contributed by atoms with van der Waals surface area (Å²) in [5.41, 5.74) is 5.83. The molecule has 0 aromatic rings. The smallest absolute Gasteiger partial charge is 0.188 e. The van der Waals surface area contributed by atoms with Crippen molar-refractivity contribution in [3.8, 4) is 0 Å². The van der Waals surface area contributed by atoms with Crippen LogP contribution in [0, 0.1) is 0 Å². The molecule has 0 amide bonds. The molecule has 0 radical (unpaired) electrons. The molecule has 1 heterocycles. The van der Waals surface area contributed by atoms with Crippen molar-refractivity contribution < 1.29 is 4.74 Å². The molecule has 114 valence electrons. The van der Waals surface area contributed by atoms with E-state index in [1.807, 2.05) is 6.92 Å². The van der Waals surface area contributed by atoms with Gasteiger partial charge in [0.15, 0.2) is 5.96 Å². The first kappa shape index (κ1) is 18.9. The zero-order chi connectivity index (χ0) is 13.2. The number of likely N-dealkylation sites (tertiary alicyclic amines) is 1. The minimum absolute atomic E-state index is 0. The maximum Gasteiger partial charge on any atom is 0.188 e. The molecule has 1 rings (SSSR count). The second-order valence-corrected chi connectivity index (χ2v) is 4.63. The summed E-state index contributed by atoms with van der Waals surface area (Å²) in [6.45, 7) is 9.73. The van der Waals surface area contributed by atoms with Crippen molar-refractivity contribution in [2.75, 3.05) is 39.4 Å². The molecular weight excluding hydrogens is 355 g/mol. The van der Waals surface area contributed by atoms with Crippen LogP contribution in [0.25, 0.3) is 0 Å². The number of hydrogen-bond donors (Lipinski definition) is 2. The summed E-state index contributed by atoms with van der Waals surface area (Å²) in [5.74, 6) is 0.564. The van der Waals surface area contributed by atoms with E-state index in [2.05, 4.69) is 22.1 Å². The molecule has 1 atom stereocenters. The highest BCUT2D eigenvalue weighted by Crippen LogP contribution is 2.16. The lowest BCUT2D eigenvalue weighted by molar-refractivity contribution is 0.145. The minimum Gasteiger partial charge on any atom is -0.382 e. The average Bonchev–Trinajstić information content (AvgIpc) is 2.83. The Hall–Kier alpha value is -0.0800. The van der Waals surface area contributed by atoms with E-state index < -0.39 is 0 Å². The molecule has 1 saturated heterocycles. The molecule has 0 aliphatic carbocycles. The van der Waals surface area contributed by atoms with Crippen LogP contribution in [0.15, 0.2) is 4.99 Å². The molecule has 0 aromatic heterocycles. The van der Waals surface area contributed by atoms with Crippen molar-refractivity contribution in [1.29, 1.82) is 0 Å². The lowest BCUT2D eigenvalue weighted by Gasteiger charge is -2.20. The van der Waals surface area contributed by atoms with Crippen LogP contribution in [0.4, 0.5) is 0 Å². The molecule has 5 nitrogen and oxygen atoms in total. The Morgan fingerprint density at radius 1 is 1.47 bits per heavy atom. The molecule has 0 bridgehead atoms. The second kappa shape index (κ2) is 11.7. The summed E-state index contributed by atoms with van der Waals surface area (Å²) in [4.78, 5) is 6.90. The summed E-state index contributed by atoms with van der Waals surface area (Å²) < 4.78 is 5.26. The molecule has 0 spiro atoms. The molecule has 6 heteroatoms. The highest BCUT2D eigenvalue weighted by molar-refractivity contribution is 14.0. The molecule has 0 saturated carbocycles. The van der Waals surface area contributed by atoms with Crippen molar-refractivity contribution in [2.45, 2.75) is 39.2 Å². The van der Waals surface area contributed by atoms with Crippen LogP contribution in [-0.4, -0.2) is 56.3 Å². The van der Waals surface area contributed by atoms with E-state index in [-0.39, 0.29) is 24.0 Å². The summed E-state index contributed by atoms with van der Waals surface area (Å²) in [6, 6.07) is 0.582. The second-order valence-electron chi connectivity index (χ2n) is 4.63. The van der Waals surface area contributed by atoms with Gasteiger partial charge in [-0.1, -0.05) is 6.92 Å². The fourth-order valence-electron chi connectivity index (χ4n) is 2.31.